The number of benzene rings is 2. The molecule has 1 fully saturated rings. The first-order chi connectivity index (χ1) is 18.2. The van der Waals surface area contributed by atoms with Crippen LogP contribution < -0.4 is 5.46 Å². The van der Waals surface area contributed by atoms with Gasteiger partial charge in [0.1, 0.15) is 0 Å². The van der Waals surface area contributed by atoms with Crippen LogP contribution in [0, 0.1) is 13.8 Å². The van der Waals surface area contributed by atoms with Gasteiger partial charge in [0, 0.05) is 0 Å². The summed E-state index contributed by atoms with van der Waals surface area (Å²) in [5.74, 6) is 0.141. The first-order valence-electron chi connectivity index (χ1n) is 13.3. The second-order valence-electron chi connectivity index (χ2n) is 11.6. The lowest BCUT2D eigenvalue weighted by Crippen LogP contribution is -2.55. The third-order valence-electron chi connectivity index (χ3n) is 8.25. The molecule has 1 aliphatic rings. The molecule has 3 rings (SSSR count). The Balaban J connectivity index is 1.72. The van der Waals surface area contributed by atoms with Crippen LogP contribution in [0.1, 0.15) is 81.2 Å². The first kappa shape index (κ1) is 32.2. The van der Waals surface area contributed by atoms with E-state index in [1.807, 2.05) is 47.6 Å². The molecule has 0 saturated carbocycles. The predicted octanol–water partition coefficient (Wildman–Crippen LogP) is 7.60. The lowest BCUT2D eigenvalue weighted by Gasteiger charge is -2.32. The van der Waals surface area contributed by atoms with Crippen LogP contribution in [-0.4, -0.2) is 41.4 Å². The van der Waals surface area contributed by atoms with Crippen LogP contribution in [-0.2, 0) is 15.7 Å². The van der Waals surface area contributed by atoms with E-state index in [1.54, 1.807) is 19.1 Å². The van der Waals surface area contributed by atoms with Crippen molar-refractivity contribution in [1.82, 2.24) is 0 Å². The molecule has 3 nitrogen and oxygen atoms in total. The topological polar surface area (TPSA) is 38.7 Å². The molecule has 0 aromatic heterocycles. The monoisotopic (exact) mass is 570 g/mol. The van der Waals surface area contributed by atoms with Gasteiger partial charge in [-0.2, -0.15) is 26.3 Å². The van der Waals surface area contributed by atoms with E-state index in [-0.39, 0.29) is 17.6 Å². The van der Waals surface area contributed by atoms with Crippen molar-refractivity contribution in [2.75, 3.05) is 0 Å². The van der Waals surface area contributed by atoms with Crippen molar-refractivity contribution in [3.63, 3.8) is 0 Å². The molecule has 0 bridgehead atoms. The summed E-state index contributed by atoms with van der Waals surface area (Å²) in [4.78, 5) is 0. The summed E-state index contributed by atoms with van der Waals surface area (Å²) in [5.41, 5.74) is -0.966. The van der Waals surface area contributed by atoms with Crippen LogP contribution in [0.25, 0.3) is 6.08 Å². The number of alkyl halides is 6. The molecule has 40 heavy (non-hydrogen) atoms. The Morgan fingerprint density at radius 3 is 1.93 bits per heavy atom. The highest BCUT2D eigenvalue weighted by Gasteiger charge is 2.69. The van der Waals surface area contributed by atoms with E-state index in [2.05, 4.69) is 12.1 Å². The maximum Gasteiger partial charge on any atom is 0.495 e. The van der Waals surface area contributed by atoms with E-state index < -0.39 is 36.3 Å². The van der Waals surface area contributed by atoms with Crippen LogP contribution in [0.5, 0.6) is 0 Å². The number of rotatable bonds is 8. The molecule has 2 aromatic carbocycles. The maximum atomic E-state index is 13.0. The Bertz CT molecular complexity index is 1200. The molecule has 1 atom stereocenters. The number of aryl methyl sites for hydroxylation is 3. The molecule has 0 spiro atoms. The fourth-order valence-corrected chi connectivity index (χ4v) is 4.78. The molecular weight excluding hydrogens is 533 g/mol. The molecular formula is C30H37BF6O3. The van der Waals surface area contributed by atoms with Gasteiger partial charge in [-0.15, -0.1) is 0 Å². The normalized spacial score (nSPS) is 18.5. The summed E-state index contributed by atoms with van der Waals surface area (Å²) in [6.07, 6.45) is -8.96. The second-order valence-corrected chi connectivity index (χ2v) is 11.6. The highest BCUT2D eigenvalue weighted by atomic mass is 19.4. The predicted molar refractivity (Wildman–Crippen MR) is 146 cm³/mol. The molecule has 0 aliphatic carbocycles. The minimum Gasteiger partial charge on any atom is -0.399 e. The van der Waals surface area contributed by atoms with Crippen molar-refractivity contribution in [2.45, 2.75) is 103 Å². The largest absolute Gasteiger partial charge is 0.495 e. The molecule has 1 heterocycles. The minimum absolute atomic E-state index is 0.141. The fourth-order valence-electron chi connectivity index (χ4n) is 4.78. The summed E-state index contributed by atoms with van der Waals surface area (Å²) < 4.78 is 90.3. The summed E-state index contributed by atoms with van der Waals surface area (Å²) in [6, 6.07) is 11.2. The van der Waals surface area contributed by atoms with Gasteiger partial charge in [0.2, 0.25) is 0 Å². The fraction of sp³-hybridized carbons (Fsp3) is 0.533. The summed E-state index contributed by atoms with van der Waals surface area (Å²) >= 11 is 0. The van der Waals surface area contributed by atoms with Gasteiger partial charge in [0.25, 0.3) is 5.60 Å². The van der Waals surface area contributed by atoms with Gasteiger partial charge in [-0.1, -0.05) is 55.0 Å². The Hall–Kier alpha value is -2.30. The van der Waals surface area contributed by atoms with Crippen molar-refractivity contribution in [3.05, 3.63) is 70.3 Å². The zero-order chi connectivity index (χ0) is 30.3. The SMILES string of the molecule is CCC(CCc1ccc(B2OC(C)(C)C(C)(C)O2)c(C)c1)c1ccc(/C=C/C(O)(C(F)(F)F)C(F)(F)F)c(C)c1. The maximum absolute atomic E-state index is 13.0. The lowest BCUT2D eigenvalue weighted by atomic mass is 9.75. The number of halogens is 6. The van der Waals surface area contributed by atoms with Gasteiger partial charge in [0.15, 0.2) is 0 Å². The molecule has 220 valence electrons. The Labute approximate surface area is 232 Å². The zero-order valence-corrected chi connectivity index (χ0v) is 23.9. The van der Waals surface area contributed by atoms with E-state index in [0.29, 0.717) is 11.6 Å². The highest BCUT2D eigenvalue weighted by molar-refractivity contribution is 6.62. The lowest BCUT2D eigenvalue weighted by molar-refractivity contribution is -0.347. The van der Waals surface area contributed by atoms with E-state index in [9.17, 15) is 31.4 Å². The summed E-state index contributed by atoms with van der Waals surface area (Å²) in [5, 5.41) is 9.39. The highest BCUT2D eigenvalue weighted by Crippen LogP contribution is 2.44. The van der Waals surface area contributed by atoms with Gasteiger partial charge in [-0.25, -0.2) is 0 Å². The van der Waals surface area contributed by atoms with Gasteiger partial charge >= 0.3 is 19.5 Å². The Kier molecular flexibility index (Phi) is 9.00. The summed E-state index contributed by atoms with van der Waals surface area (Å²) in [6.45, 7) is 13.7. The van der Waals surface area contributed by atoms with E-state index in [0.717, 1.165) is 41.4 Å². The molecule has 1 saturated heterocycles. The molecule has 1 aliphatic heterocycles. The van der Waals surface area contributed by atoms with Crippen LogP contribution >= 0.6 is 0 Å². The molecule has 1 N–H and O–H groups in total. The van der Waals surface area contributed by atoms with Crippen LogP contribution in [0.3, 0.4) is 0 Å². The average molecular weight is 570 g/mol. The first-order valence-corrected chi connectivity index (χ1v) is 13.3. The van der Waals surface area contributed by atoms with Crippen molar-refractivity contribution in [2.24, 2.45) is 0 Å². The standard InChI is InChI=1S/C30H37BF6O3/c1-8-22(11-9-21-10-14-25(20(3)17-21)31-39-26(4,5)27(6,7)40-31)24-13-12-23(19(2)18-24)15-16-28(38,29(32,33)34)30(35,36)37/h10,12-18,22,38H,8-9,11H2,1-7H3/b16-15+. The van der Waals surface area contributed by atoms with Crippen molar-refractivity contribution < 1.29 is 40.8 Å². The van der Waals surface area contributed by atoms with Gasteiger partial charge < -0.3 is 14.4 Å². The molecule has 1 unspecified atom stereocenters. The van der Waals surface area contributed by atoms with Crippen molar-refractivity contribution in [1.29, 1.82) is 0 Å². The van der Waals surface area contributed by atoms with Gasteiger partial charge in [0.05, 0.1) is 11.2 Å². The van der Waals surface area contributed by atoms with Crippen molar-refractivity contribution in [3.8, 4) is 0 Å². The number of hydrogen-bond donors (Lipinski definition) is 1. The Morgan fingerprint density at radius 2 is 1.45 bits per heavy atom. The number of aliphatic hydroxyl groups is 1. The van der Waals surface area contributed by atoms with E-state index >= 15 is 0 Å². The molecule has 10 heteroatoms. The minimum atomic E-state index is -5.90. The van der Waals surface area contributed by atoms with Crippen LogP contribution in [0.4, 0.5) is 26.3 Å². The van der Waals surface area contributed by atoms with E-state index in [4.69, 9.17) is 9.31 Å². The molecule has 2 aromatic rings. The Morgan fingerprint density at radius 1 is 0.875 bits per heavy atom. The quantitative estimate of drug-likeness (QED) is 0.263. The van der Waals surface area contributed by atoms with Crippen LogP contribution in [0.15, 0.2) is 42.5 Å². The van der Waals surface area contributed by atoms with Gasteiger partial charge in [-0.05, 0) is 101 Å². The third-order valence-corrected chi connectivity index (χ3v) is 8.25. The average Bonchev–Trinajstić information content (AvgIpc) is 3.03. The van der Waals surface area contributed by atoms with Crippen molar-refractivity contribution >= 4 is 18.7 Å². The smallest absolute Gasteiger partial charge is 0.399 e. The van der Waals surface area contributed by atoms with E-state index in [1.165, 1.54) is 6.07 Å². The molecule has 0 radical (unpaired) electrons. The summed E-state index contributed by atoms with van der Waals surface area (Å²) in [7, 11) is -0.443. The van der Waals surface area contributed by atoms with Gasteiger partial charge in [-0.3, -0.25) is 0 Å². The van der Waals surface area contributed by atoms with Crippen LogP contribution in [0.2, 0.25) is 0 Å². The molecule has 0 amide bonds. The number of hydrogen-bond acceptors (Lipinski definition) is 3. The third kappa shape index (κ3) is 6.44. The second kappa shape index (κ2) is 11.2. The zero-order valence-electron chi connectivity index (χ0n) is 23.9.